The van der Waals surface area contributed by atoms with Gasteiger partial charge in [0.25, 0.3) is 0 Å². The number of rotatable bonds is 5. The first-order valence-electron chi connectivity index (χ1n) is 7.56. The van der Waals surface area contributed by atoms with Crippen LogP contribution in [0.3, 0.4) is 0 Å². The summed E-state index contributed by atoms with van der Waals surface area (Å²) < 4.78 is 1.15. The summed E-state index contributed by atoms with van der Waals surface area (Å²) >= 11 is 3.56. The summed E-state index contributed by atoms with van der Waals surface area (Å²) in [6, 6.07) is 13.6. The summed E-state index contributed by atoms with van der Waals surface area (Å²) in [5.41, 5.74) is 6.88. The van der Waals surface area contributed by atoms with Crippen LogP contribution >= 0.6 is 15.9 Å². The molecule has 0 aliphatic rings. The van der Waals surface area contributed by atoms with Gasteiger partial charge < -0.3 is 5.32 Å². The zero-order chi connectivity index (χ0) is 15.4. The molecule has 1 nitrogen and oxygen atoms in total. The van der Waals surface area contributed by atoms with Crippen molar-refractivity contribution in [3.8, 4) is 0 Å². The van der Waals surface area contributed by atoms with Gasteiger partial charge in [-0.05, 0) is 73.7 Å². The fourth-order valence-corrected chi connectivity index (χ4v) is 3.24. The molecule has 0 heterocycles. The Bertz CT molecular complexity index is 619. The van der Waals surface area contributed by atoms with Crippen LogP contribution in [0.4, 0.5) is 0 Å². The minimum absolute atomic E-state index is 0.364. The Labute approximate surface area is 136 Å². The second kappa shape index (κ2) is 7.24. The highest BCUT2D eigenvalue weighted by molar-refractivity contribution is 9.10. The van der Waals surface area contributed by atoms with Crippen molar-refractivity contribution in [3.63, 3.8) is 0 Å². The molecular formula is C19H24BrN. The first-order valence-corrected chi connectivity index (χ1v) is 8.36. The van der Waals surface area contributed by atoms with Crippen LogP contribution in [0.25, 0.3) is 0 Å². The Morgan fingerprint density at radius 2 is 1.71 bits per heavy atom. The van der Waals surface area contributed by atoms with E-state index in [1.54, 1.807) is 0 Å². The zero-order valence-corrected chi connectivity index (χ0v) is 14.9. The Hall–Kier alpha value is -1.12. The molecule has 0 fully saturated rings. The molecule has 2 rings (SSSR count). The van der Waals surface area contributed by atoms with Crippen molar-refractivity contribution in [1.29, 1.82) is 0 Å². The molecule has 0 radical (unpaired) electrons. The van der Waals surface area contributed by atoms with Gasteiger partial charge in [0.1, 0.15) is 0 Å². The standard InChI is InChI=1S/C19H24BrN/c1-5-21-19(12-16-7-6-8-17(20)11-16)18-10-14(3)13(2)9-15(18)4/h6-11,19,21H,5,12H2,1-4H3. The highest BCUT2D eigenvalue weighted by atomic mass is 79.9. The van der Waals surface area contributed by atoms with Gasteiger partial charge in [-0.3, -0.25) is 0 Å². The second-order valence-corrected chi connectivity index (χ2v) is 6.65. The quantitative estimate of drug-likeness (QED) is 0.778. The lowest BCUT2D eigenvalue weighted by atomic mass is 9.92. The summed E-state index contributed by atoms with van der Waals surface area (Å²) in [6.07, 6.45) is 1.01. The van der Waals surface area contributed by atoms with Crippen molar-refractivity contribution in [2.24, 2.45) is 0 Å². The topological polar surface area (TPSA) is 12.0 Å². The number of aryl methyl sites for hydroxylation is 3. The van der Waals surface area contributed by atoms with Crippen molar-refractivity contribution in [2.75, 3.05) is 6.54 Å². The Balaban J connectivity index is 2.33. The Kier molecular flexibility index (Phi) is 5.60. The van der Waals surface area contributed by atoms with E-state index >= 15 is 0 Å². The van der Waals surface area contributed by atoms with E-state index in [0.717, 1.165) is 17.4 Å². The predicted molar refractivity (Wildman–Crippen MR) is 94.9 cm³/mol. The van der Waals surface area contributed by atoms with E-state index < -0.39 is 0 Å². The molecule has 0 saturated heterocycles. The van der Waals surface area contributed by atoms with Gasteiger partial charge in [-0.1, -0.05) is 47.1 Å². The zero-order valence-electron chi connectivity index (χ0n) is 13.3. The molecule has 0 aliphatic heterocycles. The van der Waals surface area contributed by atoms with Gasteiger partial charge in [0.2, 0.25) is 0 Å². The van der Waals surface area contributed by atoms with E-state index in [-0.39, 0.29) is 0 Å². The molecule has 2 aromatic carbocycles. The maximum absolute atomic E-state index is 3.64. The Morgan fingerprint density at radius 1 is 1.00 bits per heavy atom. The molecule has 2 aromatic rings. The minimum atomic E-state index is 0.364. The van der Waals surface area contributed by atoms with E-state index in [1.165, 1.54) is 27.8 Å². The summed E-state index contributed by atoms with van der Waals surface area (Å²) in [7, 11) is 0. The molecule has 0 aliphatic carbocycles. The molecule has 0 amide bonds. The fourth-order valence-electron chi connectivity index (χ4n) is 2.80. The smallest absolute Gasteiger partial charge is 0.0363 e. The van der Waals surface area contributed by atoms with Gasteiger partial charge in [-0.2, -0.15) is 0 Å². The van der Waals surface area contributed by atoms with E-state index in [4.69, 9.17) is 0 Å². The van der Waals surface area contributed by atoms with Crippen LogP contribution in [-0.4, -0.2) is 6.54 Å². The van der Waals surface area contributed by atoms with E-state index in [0.29, 0.717) is 6.04 Å². The van der Waals surface area contributed by atoms with Gasteiger partial charge in [0.05, 0.1) is 0 Å². The molecule has 0 saturated carbocycles. The van der Waals surface area contributed by atoms with Crippen LogP contribution in [-0.2, 0) is 6.42 Å². The monoisotopic (exact) mass is 345 g/mol. The Morgan fingerprint density at radius 3 is 2.38 bits per heavy atom. The third kappa shape index (κ3) is 4.18. The maximum Gasteiger partial charge on any atom is 0.0363 e. The molecule has 1 atom stereocenters. The SMILES string of the molecule is CCNC(Cc1cccc(Br)c1)c1cc(C)c(C)cc1C. The molecule has 0 spiro atoms. The third-order valence-corrected chi connectivity index (χ3v) is 4.53. The van der Waals surface area contributed by atoms with Crippen molar-refractivity contribution < 1.29 is 0 Å². The first kappa shape index (κ1) is 16.3. The van der Waals surface area contributed by atoms with Crippen LogP contribution in [0.2, 0.25) is 0 Å². The maximum atomic E-state index is 3.64. The summed E-state index contributed by atoms with van der Waals surface area (Å²) in [6.45, 7) is 9.74. The third-order valence-electron chi connectivity index (χ3n) is 4.04. The number of likely N-dealkylation sites (N-methyl/N-ethyl adjacent to an activating group) is 1. The number of halogens is 1. The number of nitrogens with one attached hydrogen (secondary N) is 1. The van der Waals surface area contributed by atoms with E-state index in [9.17, 15) is 0 Å². The van der Waals surface area contributed by atoms with Gasteiger partial charge in [-0.25, -0.2) is 0 Å². The van der Waals surface area contributed by atoms with Crippen LogP contribution < -0.4 is 5.32 Å². The first-order chi connectivity index (χ1) is 10.0. The van der Waals surface area contributed by atoms with Crippen molar-refractivity contribution in [3.05, 3.63) is 68.7 Å². The normalized spacial score (nSPS) is 12.4. The fraction of sp³-hybridized carbons (Fsp3) is 0.368. The number of benzene rings is 2. The van der Waals surface area contributed by atoms with Gasteiger partial charge in [-0.15, -0.1) is 0 Å². The highest BCUT2D eigenvalue weighted by Gasteiger charge is 2.14. The lowest BCUT2D eigenvalue weighted by Gasteiger charge is -2.22. The second-order valence-electron chi connectivity index (χ2n) is 5.74. The molecule has 1 unspecified atom stereocenters. The summed E-state index contributed by atoms with van der Waals surface area (Å²) in [5.74, 6) is 0. The molecule has 21 heavy (non-hydrogen) atoms. The van der Waals surface area contributed by atoms with Crippen LogP contribution in [0.1, 0.15) is 40.8 Å². The molecule has 2 heteroatoms. The lowest BCUT2D eigenvalue weighted by molar-refractivity contribution is 0.547. The summed E-state index contributed by atoms with van der Waals surface area (Å²) in [4.78, 5) is 0. The predicted octanol–water partition coefficient (Wildman–Crippen LogP) is 5.27. The van der Waals surface area contributed by atoms with Gasteiger partial charge in [0, 0.05) is 10.5 Å². The number of hydrogen-bond acceptors (Lipinski definition) is 1. The molecule has 112 valence electrons. The van der Waals surface area contributed by atoms with Crippen molar-refractivity contribution in [2.45, 2.75) is 40.2 Å². The van der Waals surface area contributed by atoms with E-state index in [2.05, 4.69) is 85.3 Å². The minimum Gasteiger partial charge on any atom is -0.310 e. The molecule has 0 bridgehead atoms. The average Bonchev–Trinajstić information content (AvgIpc) is 2.42. The largest absolute Gasteiger partial charge is 0.310 e. The van der Waals surface area contributed by atoms with E-state index in [1.807, 2.05) is 0 Å². The van der Waals surface area contributed by atoms with Gasteiger partial charge in [0.15, 0.2) is 0 Å². The molecule has 1 N–H and O–H groups in total. The lowest BCUT2D eigenvalue weighted by Crippen LogP contribution is -2.24. The van der Waals surface area contributed by atoms with Crippen LogP contribution in [0.5, 0.6) is 0 Å². The van der Waals surface area contributed by atoms with Gasteiger partial charge >= 0.3 is 0 Å². The van der Waals surface area contributed by atoms with Crippen LogP contribution in [0, 0.1) is 20.8 Å². The number of hydrogen-bond donors (Lipinski definition) is 1. The summed E-state index contributed by atoms with van der Waals surface area (Å²) in [5, 5.41) is 3.64. The molecule has 0 aromatic heterocycles. The van der Waals surface area contributed by atoms with Crippen LogP contribution in [0.15, 0.2) is 40.9 Å². The molecular weight excluding hydrogens is 322 g/mol. The highest BCUT2D eigenvalue weighted by Crippen LogP contribution is 2.25. The average molecular weight is 346 g/mol. The van der Waals surface area contributed by atoms with Crippen molar-refractivity contribution in [1.82, 2.24) is 5.32 Å². The van der Waals surface area contributed by atoms with Crippen molar-refractivity contribution >= 4 is 15.9 Å².